The van der Waals surface area contributed by atoms with Crippen molar-refractivity contribution in [2.45, 2.75) is 76.7 Å². The van der Waals surface area contributed by atoms with Crippen LogP contribution in [-0.4, -0.2) is 43.0 Å². The Hall–Kier alpha value is -2.17. The number of rotatable bonds is 14. The van der Waals surface area contributed by atoms with Crippen molar-refractivity contribution in [2.75, 3.05) is 26.2 Å². The second-order valence-electron chi connectivity index (χ2n) is 10.3. The van der Waals surface area contributed by atoms with Gasteiger partial charge in [0, 0.05) is 6.04 Å². The molecule has 0 bridgehead atoms. The molecule has 0 spiro atoms. The fourth-order valence-corrected chi connectivity index (χ4v) is 5.67. The van der Waals surface area contributed by atoms with Gasteiger partial charge < -0.3 is 16.0 Å². The fraction of sp³-hybridized carbons (Fsp3) is 0.567. The van der Waals surface area contributed by atoms with Crippen LogP contribution in [0.4, 0.5) is 0 Å². The fourth-order valence-electron chi connectivity index (χ4n) is 5.67. The Kier molecular flexibility index (Phi) is 10.6. The smallest absolute Gasteiger partial charge is 0.232 e. The van der Waals surface area contributed by atoms with Crippen LogP contribution in [0.5, 0.6) is 0 Å². The third kappa shape index (κ3) is 6.93. The molecule has 1 saturated heterocycles. The van der Waals surface area contributed by atoms with E-state index >= 15 is 0 Å². The van der Waals surface area contributed by atoms with Gasteiger partial charge in [-0.25, -0.2) is 0 Å². The molecule has 4 nitrogen and oxygen atoms in total. The summed E-state index contributed by atoms with van der Waals surface area (Å²) in [5.41, 5.74) is 7.50. The minimum Gasteiger partial charge on any atom is -0.369 e. The van der Waals surface area contributed by atoms with E-state index in [9.17, 15) is 4.79 Å². The summed E-state index contributed by atoms with van der Waals surface area (Å²) in [6.07, 6.45) is 9.88. The summed E-state index contributed by atoms with van der Waals surface area (Å²) in [5, 5.41) is 3.50. The van der Waals surface area contributed by atoms with Crippen LogP contribution in [0.15, 0.2) is 60.7 Å². The van der Waals surface area contributed by atoms with Crippen molar-refractivity contribution in [1.82, 2.24) is 10.2 Å². The van der Waals surface area contributed by atoms with Gasteiger partial charge in [0.15, 0.2) is 0 Å². The first-order valence-electron chi connectivity index (χ1n) is 13.4. The first-order valence-corrected chi connectivity index (χ1v) is 13.4. The molecule has 0 atom stereocenters. The predicted molar refractivity (Wildman–Crippen MR) is 143 cm³/mol. The van der Waals surface area contributed by atoms with Gasteiger partial charge in [-0.2, -0.15) is 0 Å². The lowest BCUT2D eigenvalue weighted by molar-refractivity contribution is -0.124. The number of carbonyl (C=O) groups is 1. The summed E-state index contributed by atoms with van der Waals surface area (Å²) in [7, 11) is 0. The molecule has 1 fully saturated rings. The number of amides is 1. The Labute approximate surface area is 207 Å². The Morgan fingerprint density at radius 1 is 0.882 bits per heavy atom. The van der Waals surface area contributed by atoms with Crippen molar-refractivity contribution in [3.05, 3.63) is 71.8 Å². The van der Waals surface area contributed by atoms with Gasteiger partial charge in [0.25, 0.3) is 0 Å². The minimum absolute atomic E-state index is 0.213. The SMILES string of the molecule is CC(C)NCCCCCCCCN1CCC(C(C(N)=O)(c2ccccc2)c2ccccc2)CC1. The topological polar surface area (TPSA) is 58.4 Å². The van der Waals surface area contributed by atoms with Crippen molar-refractivity contribution >= 4 is 5.91 Å². The molecule has 4 heteroatoms. The number of nitrogens with one attached hydrogen (secondary N) is 1. The Morgan fingerprint density at radius 3 is 1.88 bits per heavy atom. The summed E-state index contributed by atoms with van der Waals surface area (Å²) < 4.78 is 0. The summed E-state index contributed by atoms with van der Waals surface area (Å²) >= 11 is 0. The number of nitrogens with two attached hydrogens (primary N) is 1. The summed E-state index contributed by atoms with van der Waals surface area (Å²) in [6, 6.07) is 21.0. The number of piperidine rings is 1. The number of benzene rings is 2. The van der Waals surface area contributed by atoms with E-state index in [4.69, 9.17) is 5.73 Å². The third-order valence-electron chi connectivity index (χ3n) is 7.50. The Bertz CT molecular complexity index is 789. The van der Waals surface area contributed by atoms with Gasteiger partial charge in [0.2, 0.25) is 5.91 Å². The molecule has 1 aliphatic rings. The highest BCUT2D eigenvalue weighted by Gasteiger charge is 2.47. The zero-order valence-corrected chi connectivity index (χ0v) is 21.3. The quantitative estimate of drug-likeness (QED) is 0.363. The van der Waals surface area contributed by atoms with Gasteiger partial charge >= 0.3 is 0 Å². The van der Waals surface area contributed by atoms with Gasteiger partial charge in [-0.3, -0.25) is 4.79 Å². The van der Waals surface area contributed by atoms with Crippen molar-refractivity contribution in [3.63, 3.8) is 0 Å². The van der Waals surface area contributed by atoms with E-state index in [1.165, 1.54) is 45.1 Å². The monoisotopic (exact) mass is 463 g/mol. The zero-order chi connectivity index (χ0) is 24.2. The van der Waals surface area contributed by atoms with Crippen LogP contribution in [0.1, 0.15) is 76.3 Å². The molecule has 0 saturated carbocycles. The van der Waals surface area contributed by atoms with Gasteiger partial charge in [-0.05, 0) is 68.9 Å². The number of hydrogen-bond donors (Lipinski definition) is 2. The number of hydrogen-bond acceptors (Lipinski definition) is 3. The second-order valence-corrected chi connectivity index (χ2v) is 10.3. The van der Waals surface area contributed by atoms with Crippen LogP contribution < -0.4 is 11.1 Å². The first kappa shape index (κ1) is 26.4. The lowest BCUT2D eigenvalue weighted by Gasteiger charge is -2.43. The average molecular weight is 464 g/mol. The highest BCUT2D eigenvalue weighted by molar-refractivity contribution is 5.91. The van der Waals surface area contributed by atoms with Crippen LogP contribution >= 0.6 is 0 Å². The van der Waals surface area contributed by atoms with Crippen molar-refractivity contribution in [3.8, 4) is 0 Å². The molecule has 0 aromatic heterocycles. The summed E-state index contributed by atoms with van der Waals surface area (Å²) in [6.45, 7) is 8.81. The largest absolute Gasteiger partial charge is 0.369 e. The van der Waals surface area contributed by atoms with Crippen LogP contribution in [0.2, 0.25) is 0 Å². The van der Waals surface area contributed by atoms with Crippen molar-refractivity contribution < 1.29 is 4.79 Å². The maximum Gasteiger partial charge on any atom is 0.232 e. The van der Waals surface area contributed by atoms with Crippen LogP contribution in [0.3, 0.4) is 0 Å². The standard InChI is InChI=1S/C30H45N3O/c1-25(2)32-21-13-5-3-4-6-14-22-33-23-19-28(20-24-33)30(29(31)34,26-15-9-7-10-16-26)27-17-11-8-12-18-27/h7-12,15-18,25,28,32H,3-6,13-14,19-24H2,1-2H3,(H2,31,34). The van der Waals surface area contributed by atoms with E-state index in [0.29, 0.717) is 6.04 Å². The van der Waals surface area contributed by atoms with E-state index in [1.807, 2.05) is 36.4 Å². The minimum atomic E-state index is -0.765. The number of carbonyl (C=O) groups excluding carboxylic acids is 1. The molecule has 34 heavy (non-hydrogen) atoms. The van der Waals surface area contributed by atoms with Crippen LogP contribution in [-0.2, 0) is 10.2 Å². The summed E-state index contributed by atoms with van der Waals surface area (Å²) in [4.78, 5) is 15.8. The van der Waals surface area contributed by atoms with E-state index < -0.39 is 5.41 Å². The Balaban J connectivity index is 1.51. The highest BCUT2D eigenvalue weighted by atomic mass is 16.1. The first-order chi connectivity index (χ1) is 16.5. The number of primary amides is 1. The van der Waals surface area contributed by atoms with E-state index in [0.717, 1.165) is 43.6 Å². The molecule has 3 rings (SSSR count). The third-order valence-corrected chi connectivity index (χ3v) is 7.50. The van der Waals surface area contributed by atoms with Gasteiger partial charge in [0.1, 0.15) is 5.41 Å². The number of unbranched alkanes of at least 4 members (excludes halogenated alkanes) is 5. The average Bonchev–Trinajstić information content (AvgIpc) is 2.85. The maximum absolute atomic E-state index is 13.2. The molecule has 2 aromatic rings. The van der Waals surface area contributed by atoms with Gasteiger partial charge in [0.05, 0.1) is 0 Å². The zero-order valence-electron chi connectivity index (χ0n) is 21.3. The molecule has 2 aromatic carbocycles. The summed E-state index contributed by atoms with van der Waals surface area (Å²) in [5.74, 6) is -0.0163. The van der Waals surface area contributed by atoms with E-state index in [2.05, 4.69) is 48.3 Å². The Morgan fingerprint density at radius 2 is 1.38 bits per heavy atom. The van der Waals surface area contributed by atoms with Crippen LogP contribution in [0, 0.1) is 5.92 Å². The van der Waals surface area contributed by atoms with Crippen molar-refractivity contribution in [2.24, 2.45) is 11.7 Å². The lowest BCUT2D eigenvalue weighted by atomic mass is 9.62. The van der Waals surface area contributed by atoms with E-state index in [-0.39, 0.29) is 11.8 Å². The molecular weight excluding hydrogens is 418 g/mol. The molecule has 1 aliphatic heterocycles. The lowest BCUT2D eigenvalue weighted by Crippen LogP contribution is -2.51. The predicted octanol–water partition coefficient (Wildman–Crippen LogP) is 5.51. The molecule has 0 aliphatic carbocycles. The van der Waals surface area contributed by atoms with Gasteiger partial charge in [-0.15, -0.1) is 0 Å². The second kappa shape index (κ2) is 13.7. The van der Waals surface area contributed by atoms with E-state index in [1.54, 1.807) is 0 Å². The molecule has 3 N–H and O–H groups in total. The maximum atomic E-state index is 13.2. The van der Waals surface area contributed by atoms with Crippen molar-refractivity contribution in [1.29, 1.82) is 0 Å². The molecule has 186 valence electrons. The van der Waals surface area contributed by atoms with Gasteiger partial charge in [-0.1, -0.05) is 100 Å². The van der Waals surface area contributed by atoms with Crippen LogP contribution in [0.25, 0.3) is 0 Å². The number of nitrogens with zero attached hydrogens (tertiary/aromatic N) is 1. The molecule has 1 amide bonds. The molecular formula is C30H45N3O. The molecule has 1 heterocycles. The number of likely N-dealkylation sites (tertiary alicyclic amines) is 1. The highest BCUT2D eigenvalue weighted by Crippen LogP contribution is 2.44. The molecule has 0 unspecified atom stereocenters. The molecule has 0 radical (unpaired) electrons. The normalized spacial score (nSPS) is 15.6.